The van der Waals surface area contributed by atoms with Gasteiger partial charge in [0, 0.05) is 11.8 Å². The molecule has 0 saturated carbocycles. The van der Waals surface area contributed by atoms with E-state index in [0.29, 0.717) is 17.0 Å². The molecule has 2 N–H and O–H groups in total. The molecule has 9 heteroatoms. The Hall–Kier alpha value is -4.01. The summed E-state index contributed by atoms with van der Waals surface area (Å²) in [6.07, 6.45) is 0.993. The van der Waals surface area contributed by atoms with Gasteiger partial charge in [-0.25, -0.2) is 15.1 Å². The lowest BCUT2D eigenvalue weighted by atomic mass is 10.1. The average Bonchev–Trinajstić information content (AvgIpc) is 2.71. The molecule has 3 rings (SSSR count). The largest absolute Gasteiger partial charge is 0.497 e. The highest BCUT2D eigenvalue weighted by molar-refractivity contribution is 6.32. The highest BCUT2D eigenvalue weighted by atomic mass is 16.5. The lowest BCUT2D eigenvalue weighted by Crippen LogP contribution is -2.58. The number of benzene rings is 2. The number of amides is 5. The van der Waals surface area contributed by atoms with E-state index in [0.717, 1.165) is 16.7 Å². The van der Waals surface area contributed by atoms with Crippen LogP contribution in [0.4, 0.5) is 10.5 Å². The van der Waals surface area contributed by atoms with Gasteiger partial charge in [-0.15, -0.1) is 0 Å². The Kier molecular flexibility index (Phi) is 5.68. The van der Waals surface area contributed by atoms with Crippen molar-refractivity contribution in [1.82, 2.24) is 10.7 Å². The summed E-state index contributed by atoms with van der Waals surface area (Å²) < 4.78 is 5.02. The Morgan fingerprint density at radius 2 is 1.76 bits per heavy atom. The number of carbonyl (C=O) groups is 4. The smallest absolute Gasteiger partial charge is 0.335 e. The molecule has 9 nitrogen and oxygen atoms in total. The molecule has 5 amide bonds. The van der Waals surface area contributed by atoms with Crippen LogP contribution in [0.25, 0.3) is 0 Å². The number of anilines is 1. The first-order valence-corrected chi connectivity index (χ1v) is 8.63. The van der Waals surface area contributed by atoms with E-state index in [1.165, 1.54) is 7.11 Å². The van der Waals surface area contributed by atoms with Crippen LogP contribution < -0.4 is 20.4 Å². The van der Waals surface area contributed by atoms with Gasteiger partial charge in [0.15, 0.2) is 5.92 Å². The van der Waals surface area contributed by atoms with Crippen molar-refractivity contribution >= 4 is 35.7 Å². The second kappa shape index (κ2) is 8.34. The van der Waals surface area contributed by atoms with Crippen LogP contribution in [-0.2, 0) is 9.59 Å². The molecule has 1 atom stereocenters. The van der Waals surface area contributed by atoms with Gasteiger partial charge < -0.3 is 4.74 Å². The maximum Gasteiger partial charge on any atom is 0.335 e. The van der Waals surface area contributed by atoms with Crippen molar-refractivity contribution in [2.75, 3.05) is 12.0 Å². The molecule has 0 spiro atoms. The van der Waals surface area contributed by atoms with Gasteiger partial charge in [0.2, 0.25) is 5.91 Å². The minimum absolute atomic E-state index is 0.318. The fourth-order valence-corrected chi connectivity index (χ4v) is 2.64. The average molecular weight is 394 g/mol. The van der Waals surface area contributed by atoms with Crippen LogP contribution in [0.3, 0.4) is 0 Å². The van der Waals surface area contributed by atoms with Gasteiger partial charge in [0.1, 0.15) is 5.75 Å². The fourth-order valence-electron chi connectivity index (χ4n) is 2.64. The van der Waals surface area contributed by atoms with Gasteiger partial charge in [-0.05, 0) is 43.3 Å². The van der Waals surface area contributed by atoms with E-state index >= 15 is 0 Å². The van der Waals surface area contributed by atoms with Gasteiger partial charge in [0.05, 0.1) is 12.8 Å². The zero-order chi connectivity index (χ0) is 21.0. The number of rotatable bonds is 5. The van der Waals surface area contributed by atoms with Crippen LogP contribution in [0.1, 0.15) is 15.9 Å². The zero-order valence-electron chi connectivity index (χ0n) is 15.7. The third-order valence-electron chi connectivity index (χ3n) is 4.24. The molecule has 1 aliphatic heterocycles. The minimum atomic E-state index is -1.36. The van der Waals surface area contributed by atoms with Crippen LogP contribution in [-0.4, -0.2) is 37.1 Å². The Morgan fingerprint density at radius 1 is 1.10 bits per heavy atom. The lowest BCUT2D eigenvalue weighted by Gasteiger charge is -2.28. The van der Waals surface area contributed by atoms with Gasteiger partial charge in [-0.3, -0.25) is 19.7 Å². The second-order valence-corrected chi connectivity index (χ2v) is 6.23. The number of aryl methyl sites for hydroxylation is 1. The van der Waals surface area contributed by atoms with Crippen molar-refractivity contribution < 1.29 is 23.9 Å². The van der Waals surface area contributed by atoms with Gasteiger partial charge in [-0.2, -0.15) is 5.10 Å². The maximum absolute atomic E-state index is 12.7. The van der Waals surface area contributed by atoms with Crippen molar-refractivity contribution in [3.63, 3.8) is 0 Å². The molecule has 0 aliphatic carbocycles. The first kappa shape index (κ1) is 19.7. The molecule has 0 radical (unpaired) electrons. The summed E-state index contributed by atoms with van der Waals surface area (Å²) in [6.45, 7) is 1.87. The predicted octanol–water partition coefficient (Wildman–Crippen LogP) is 1.62. The first-order chi connectivity index (χ1) is 13.9. The third kappa shape index (κ3) is 4.29. The summed E-state index contributed by atoms with van der Waals surface area (Å²) >= 11 is 0. The molecule has 0 unspecified atom stereocenters. The number of urea groups is 1. The molecule has 0 aromatic heterocycles. The zero-order valence-corrected chi connectivity index (χ0v) is 15.7. The topological polar surface area (TPSA) is 117 Å². The number of imide groups is 2. The van der Waals surface area contributed by atoms with Crippen LogP contribution in [0.15, 0.2) is 53.6 Å². The third-order valence-corrected chi connectivity index (χ3v) is 4.24. The molecular formula is C20H18N4O5. The summed E-state index contributed by atoms with van der Waals surface area (Å²) in [5.74, 6) is -2.87. The monoisotopic (exact) mass is 394 g/mol. The van der Waals surface area contributed by atoms with Crippen molar-refractivity contribution in [1.29, 1.82) is 0 Å². The Balaban J connectivity index is 1.72. The first-order valence-electron chi connectivity index (χ1n) is 8.63. The summed E-state index contributed by atoms with van der Waals surface area (Å²) in [4.78, 5) is 49.8. The highest BCUT2D eigenvalue weighted by Crippen LogP contribution is 2.20. The van der Waals surface area contributed by atoms with Crippen molar-refractivity contribution in [3.05, 3.63) is 59.7 Å². The summed E-state index contributed by atoms with van der Waals surface area (Å²) in [5.41, 5.74) is 3.85. The van der Waals surface area contributed by atoms with E-state index in [4.69, 9.17) is 4.74 Å². The molecule has 1 saturated heterocycles. The molecule has 29 heavy (non-hydrogen) atoms. The molecule has 1 heterocycles. The lowest BCUT2D eigenvalue weighted by molar-refractivity contribution is -0.131. The summed E-state index contributed by atoms with van der Waals surface area (Å²) in [7, 11) is 1.51. The maximum atomic E-state index is 12.7. The standard InChI is InChI=1S/C20H18N4O5/c1-12-3-7-14(8-4-12)24-19(27)16(18(26)22-20(24)28)11-21-23-17(25)13-5-9-15(29-2)10-6-13/h3-11,16H,1-2H3,(H,23,25)(H,22,26,28)/b21-11-/t16-/m1/s1. The Morgan fingerprint density at radius 3 is 2.38 bits per heavy atom. The van der Waals surface area contributed by atoms with Crippen molar-refractivity contribution in [2.24, 2.45) is 11.0 Å². The number of nitrogens with zero attached hydrogens (tertiary/aromatic N) is 2. The second-order valence-electron chi connectivity index (χ2n) is 6.23. The Bertz CT molecular complexity index is 983. The molecule has 148 valence electrons. The molecular weight excluding hydrogens is 376 g/mol. The number of hydrogen-bond acceptors (Lipinski definition) is 6. The van der Waals surface area contributed by atoms with Crippen LogP contribution >= 0.6 is 0 Å². The molecule has 1 fully saturated rings. The highest BCUT2D eigenvalue weighted by Gasteiger charge is 2.40. The molecule has 2 aromatic carbocycles. The number of carbonyl (C=O) groups excluding carboxylic acids is 4. The van der Waals surface area contributed by atoms with E-state index < -0.39 is 29.7 Å². The number of ether oxygens (including phenoxy) is 1. The normalized spacial score (nSPS) is 16.7. The molecule has 0 bridgehead atoms. The van der Waals surface area contributed by atoms with E-state index in [9.17, 15) is 19.2 Å². The van der Waals surface area contributed by atoms with Crippen molar-refractivity contribution in [2.45, 2.75) is 6.92 Å². The number of barbiturate groups is 1. The van der Waals surface area contributed by atoms with E-state index in [2.05, 4.69) is 15.8 Å². The van der Waals surface area contributed by atoms with E-state index in [1.54, 1.807) is 48.5 Å². The quantitative estimate of drug-likeness (QED) is 0.454. The number of hydrogen-bond donors (Lipinski definition) is 2. The molecule has 2 aromatic rings. The molecule has 1 aliphatic rings. The number of nitrogens with one attached hydrogen (secondary N) is 2. The summed E-state index contributed by atoms with van der Waals surface area (Å²) in [5, 5.41) is 5.82. The van der Waals surface area contributed by atoms with Crippen LogP contribution in [0, 0.1) is 12.8 Å². The van der Waals surface area contributed by atoms with E-state index in [-0.39, 0.29) is 0 Å². The number of methoxy groups -OCH3 is 1. The van der Waals surface area contributed by atoms with E-state index in [1.807, 2.05) is 6.92 Å². The minimum Gasteiger partial charge on any atom is -0.497 e. The predicted molar refractivity (Wildman–Crippen MR) is 105 cm³/mol. The van der Waals surface area contributed by atoms with Crippen molar-refractivity contribution in [3.8, 4) is 5.75 Å². The fraction of sp³-hybridized carbons (Fsp3) is 0.150. The van der Waals surface area contributed by atoms with Gasteiger partial charge >= 0.3 is 6.03 Å². The Labute approximate surface area is 166 Å². The van der Waals surface area contributed by atoms with Crippen LogP contribution in [0.5, 0.6) is 5.75 Å². The SMILES string of the molecule is COc1ccc(C(=O)N/N=C\[C@@H]2C(=O)NC(=O)N(c3ccc(C)cc3)C2=O)cc1. The van der Waals surface area contributed by atoms with Gasteiger partial charge in [0.25, 0.3) is 11.8 Å². The summed E-state index contributed by atoms with van der Waals surface area (Å²) in [6, 6.07) is 12.2. The number of hydrazone groups is 1. The van der Waals surface area contributed by atoms with Gasteiger partial charge in [-0.1, -0.05) is 17.7 Å². The van der Waals surface area contributed by atoms with Crippen LogP contribution in [0.2, 0.25) is 0 Å².